The molecule has 1 aliphatic heterocycles. The Labute approximate surface area is 216 Å². The molecule has 0 bridgehead atoms. The SMILES string of the molecule is O=C(c1ccccc1)C(O)[C@H]1OC(O)(N=C=S)[C@@](O)(C(=O)c2ccccc2)[C@@]1(O)C(=O)c1ccccc1. The van der Waals surface area contributed by atoms with Crippen molar-refractivity contribution in [1.29, 1.82) is 0 Å². The zero-order chi connectivity index (χ0) is 26.8. The molecule has 3 aromatic rings. The van der Waals surface area contributed by atoms with Gasteiger partial charge in [0.15, 0.2) is 5.78 Å². The fraction of sp³-hybridized carbons (Fsp3) is 0.185. The first-order chi connectivity index (χ1) is 17.6. The van der Waals surface area contributed by atoms with E-state index >= 15 is 0 Å². The van der Waals surface area contributed by atoms with Gasteiger partial charge in [-0.1, -0.05) is 91.0 Å². The minimum Gasteiger partial charge on any atom is -0.382 e. The normalized spacial score (nSPS) is 27.6. The van der Waals surface area contributed by atoms with Crippen molar-refractivity contribution < 1.29 is 39.5 Å². The van der Waals surface area contributed by atoms with E-state index in [1.807, 2.05) is 0 Å². The number of nitrogens with zero attached hydrogens (tertiary/aromatic N) is 1. The maximum atomic E-state index is 13.8. The van der Waals surface area contributed by atoms with Gasteiger partial charge in [0, 0.05) is 16.7 Å². The fourth-order valence-electron chi connectivity index (χ4n) is 4.40. The largest absolute Gasteiger partial charge is 0.382 e. The number of hydrogen-bond donors (Lipinski definition) is 4. The smallest absolute Gasteiger partial charge is 0.317 e. The Hall–Kier alpha value is -3.73. The predicted octanol–water partition coefficient (Wildman–Crippen LogP) is 1.61. The molecule has 0 amide bonds. The topological polar surface area (TPSA) is 154 Å². The lowest BCUT2D eigenvalue weighted by molar-refractivity contribution is -0.248. The Kier molecular flexibility index (Phi) is 7.09. The number of aliphatic hydroxyl groups is 4. The number of ether oxygens (including phenoxy) is 1. The molecule has 4 rings (SSSR count). The third-order valence-corrected chi connectivity index (χ3v) is 6.37. The number of hydrogen-bond acceptors (Lipinski definition) is 10. The number of ketones is 3. The Bertz CT molecular complexity index is 1380. The fourth-order valence-corrected chi connectivity index (χ4v) is 4.52. The molecular formula is C27H21NO8S. The number of aliphatic hydroxyl groups excluding tert-OH is 1. The van der Waals surface area contributed by atoms with Crippen molar-refractivity contribution in [3.8, 4) is 0 Å². The van der Waals surface area contributed by atoms with Crippen LogP contribution in [-0.2, 0) is 4.74 Å². The molecule has 10 heteroatoms. The molecule has 5 atom stereocenters. The Morgan fingerprint density at radius 2 is 1.22 bits per heavy atom. The molecule has 2 unspecified atom stereocenters. The molecule has 1 heterocycles. The summed E-state index contributed by atoms with van der Waals surface area (Å²) in [5.41, 5.74) is -7.50. The molecule has 188 valence electrons. The van der Waals surface area contributed by atoms with Gasteiger partial charge in [-0.25, -0.2) is 0 Å². The zero-order valence-electron chi connectivity index (χ0n) is 19.1. The van der Waals surface area contributed by atoms with Crippen LogP contribution >= 0.6 is 12.2 Å². The molecule has 4 N–H and O–H groups in total. The van der Waals surface area contributed by atoms with E-state index in [0.717, 1.165) is 0 Å². The molecular weight excluding hydrogens is 498 g/mol. The van der Waals surface area contributed by atoms with Crippen LogP contribution in [0, 0.1) is 0 Å². The van der Waals surface area contributed by atoms with Crippen molar-refractivity contribution in [2.75, 3.05) is 0 Å². The van der Waals surface area contributed by atoms with Gasteiger partial charge in [-0.3, -0.25) is 14.4 Å². The van der Waals surface area contributed by atoms with Crippen LogP contribution in [0.5, 0.6) is 0 Å². The van der Waals surface area contributed by atoms with Crippen molar-refractivity contribution in [2.24, 2.45) is 4.99 Å². The van der Waals surface area contributed by atoms with E-state index in [-0.39, 0.29) is 16.7 Å². The van der Waals surface area contributed by atoms with Crippen molar-refractivity contribution >= 4 is 34.7 Å². The van der Waals surface area contributed by atoms with E-state index in [1.54, 1.807) is 23.4 Å². The first-order valence-corrected chi connectivity index (χ1v) is 11.4. The Balaban J connectivity index is 1.97. The number of Topliss-reactive ketones (excluding diaryl/α,β-unsaturated/α-hetero) is 3. The van der Waals surface area contributed by atoms with Gasteiger partial charge in [0.1, 0.15) is 12.2 Å². The predicted molar refractivity (Wildman–Crippen MR) is 133 cm³/mol. The summed E-state index contributed by atoms with van der Waals surface area (Å²) in [5, 5.41) is 48.1. The number of benzene rings is 3. The maximum absolute atomic E-state index is 13.8. The molecule has 3 aromatic carbocycles. The highest BCUT2D eigenvalue weighted by atomic mass is 32.1. The van der Waals surface area contributed by atoms with E-state index in [1.165, 1.54) is 72.8 Å². The van der Waals surface area contributed by atoms with Gasteiger partial charge in [-0.05, 0) is 12.2 Å². The van der Waals surface area contributed by atoms with Crippen LogP contribution in [0.3, 0.4) is 0 Å². The van der Waals surface area contributed by atoms with Gasteiger partial charge in [0.05, 0.1) is 5.16 Å². The Morgan fingerprint density at radius 1 is 0.784 bits per heavy atom. The second-order valence-corrected chi connectivity index (χ2v) is 8.57. The minimum atomic E-state index is -3.58. The van der Waals surface area contributed by atoms with E-state index in [2.05, 4.69) is 17.2 Å². The number of aliphatic imine (C=N–C) groups is 1. The molecule has 1 fully saturated rings. The van der Waals surface area contributed by atoms with Crippen LogP contribution in [0.4, 0.5) is 0 Å². The van der Waals surface area contributed by atoms with Crippen molar-refractivity contribution in [1.82, 2.24) is 0 Å². The van der Waals surface area contributed by atoms with Crippen LogP contribution < -0.4 is 0 Å². The molecule has 37 heavy (non-hydrogen) atoms. The molecule has 1 aliphatic rings. The molecule has 1 saturated heterocycles. The first-order valence-electron chi connectivity index (χ1n) is 11.0. The molecule has 0 saturated carbocycles. The van der Waals surface area contributed by atoms with Gasteiger partial charge < -0.3 is 25.2 Å². The summed E-state index contributed by atoms with van der Waals surface area (Å²) >= 11 is 4.56. The molecule has 0 spiro atoms. The van der Waals surface area contributed by atoms with E-state index in [0.29, 0.717) is 0 Å². The summed E-state index contributed by atoms with van der Waals surface area (Å²) in [6.45, 7) is 0. The van der Waals surface area contributed by atoms with Crippen molar-refractivity contribution in [2.45, 2.75) is 29.3 Å². The van der Waals surface area contributed by atoms with Crippen LogP contribution in [0.2, 0.25) is 0 Å². The summed E-state index contributed by atoms with van der Waals surface area (Å²) < 4.78 is 5.36. The first kappa shape index (κ1) is 26.3. The van der Waals surface area contributed by atoms with Gasteiger partial charge in [0.2, 0.25) is 22.8 Å². The lowest BCUT2D eigenvalue weighted by atomic mass is 9.69. The third kappa shape index (κ3) is 4.07. The van der Waals surface area contributed by atoms with Crippen LogP contribution in [0.25, 0.3) is 0 Å². The number of rotatable bonds is 8. The quantitative estimate of drug-likeness (QED) is 0.197. The Morgan fingerprint density at radius 3 is 1.68 bits per heavy atom. The van der Waals surface area contributed by atoms with Gasteiger partial charge in [0.25, 0.3) is 0 Å². The van der Waals surface area contributed by atoms with Gasteiger partial charge >= 0.3 is 5.91 Å². The van der Waals surface area contributed by atoms with E-state index < -0.39 is 46.7 Å². The van der Waals surface area contributed by atoms with Gasteiger partial charge in [-0.15, -0.1) is 0 Å². The van der Waals surface area contributed by atoms with Crippen molar-refractivity contribution in [3.63, 3.8) is 0 Å². The van der Waals surface area contributed by atoms with E-state index in [9.17, 15) is 34.8 Å². The number of carbonyl (C=O) groups excluding carboxylic acids is 3. The summed E-state index contributed by atoms with van der Waals surface area (Å²) in [6, 6.07) is 21.4. The molecule has 0 aromatic heterocycles. The van der Waals surface area contributed by atoms with Crippen LogP contribution in [0.1, 0.15) is 31.1 Å². The zero-order valence-corrected chi connectivity index (χ0v) is 19.9. The second-order valence-electron chi connectivity index (χ2n) is 8.39. The highest BCUT2D eigenvalue weighted by Gasteiger charge is 2.81. The van der Waals surface area contributed by atoms with Crippen molar-refractivity contribution in [3.05, 3.63) is 108 Å². The average Bonchev–Trinajstić information content (AvgIpc) is 3.12. The molecule has 0 aliphatic carbocycles. The molecule has 9 nitrogen and oxygen atoms in total. The maximum Gasteiger partial charge on any atom is 0.317 e. The summed E-state index contributed by atoms with van der Waals surface area (Å²) in [5.74, 6) is -7.13. The number of isothiocyanates is 1. The third-order valence-electron chi connectivity index (χ3n) is 6.28. The van der Waals surface area contributed by atoms with E-state index in [4.69, 9.17) is 4.74 Å². The lowest BCUT2D eigenvalue weighted by Gasteiger charge is -2.39. The summed E-state index contributed by atoms with van der Waals surface area (Å²) in [7, 11) is 0. The second kappa shape index (κ2) is 9.97. The van der Waals surface area contributed by atoms with Crippen LogP contribution in [-0.4, -0.2) is 72.3 Å². The van der Waals surface area contributed by atoms with Crippen LogP contribution in [0.15, 0.2) is 96.0 Å². The lowest BCUT2D eigenvalue weighted by Crippen LogP contribution is -2.72. The highest BCUT2D eigenvalue weighted by Crippen LogP contribution is 2.51. The monoisotopic (exact) mass is 519 g/mol. The summed E-state index contributed by atoms with van der Waals surface area (Å²) in [4.78, 5) is 44.1. The highest BCUT2D eigenvalue weighted by molar-refractivity contribution is 7.78. The number of thiocarbonyl (C=S) groups is 1. The van der Waals surface area contributed by atoms with Gasteiger partial charge in [-0.2, -0.15) is 4.99 Å². The summed E-state index contributed by atoms with van der Waals surface area (Å²) in [6.07, 6.45) is -4.72. The minimum absolute atomic E-state index is 0.0280. The molecule has 0 radical (unpaired) electrons. The average molecular weight is 520 g/mol. The number of carbonyl (C=O) groups is 3. The standard InChI is InChI=1S/C27H21NO8S/c29-20(17-10-4-1-5-11-17)21(30)24-25(33,22(31)18-12-6-2-7-13-18)26(34,27(35,36-24)28-16-37)23(32)19-14-8-3-9-15-19/h1-15,21,24,30,33-35H/t21?,24-,25-,26-,27?/m1/s1.